The lowest BCUT2D eigenvalue weighted by Gasteiger charge is -1.97. The maximum atomic E-state index is 11.8. The lowest BCUT2D eigenvalue weighted by molar-refractivity contribution is 0.563. The van der Waals surface area contributed by atoms with Crippen molar-refractivity contribution < 1.29 is 4.42 Å². The second kappa shape index (κ2) is 4.82. The Balaban J connectivity index is 2.05. The second-order valence-electron chi connectivity index (χ2n) is 4.15. The van der Waals surface area contributed by atoms with Crippen molar-refractivity contribution in [2.75, 3.05) is 0 Å². The molecule has 0 amide bonds. The topological polar surface area (TPSA) is 43.1 Å². The Bertz CT molecular complexity index is 814. The van der Waals surface area contributed by atoms with Gasteiger partial charge in [-0.2, -0.15) is 4.98 Å². The minimum atomic E-state index is -0.260. The van der Waals surface area contributed by atoms with Crippen LogP contribution in [-0.4, -0.2) is 4.98 Å². The molecular weight excluding hydrogens is 258 g/mol. The molecule has 4 heteroatoms. The Kier molecular flexibility index (Phi) is 3.01. The predicted octanol–water partition coefficient (Wildman–Crippen LogP) is 3.73. The zero-order valence-corrected chi connectivity index (χ0v) is 11.1. The highest BCUT2D eigenvalue weighted by Gasteiger charge is 2.03. The van der Waals surface area contributed by atoms with E-state index in [1.54, 1.807) is 35.6 Å². The van der Waals surface area contributed by atoms with E-state index in [9.17, 15) is 4.79 Å². The first-order chi connectivity index (χ1) is 9.24. The molecule has 0 aliphatic carbocycles. The Morgan fingerprint density at radius 1 is 1.21 bits per heavy atom. The van der Waals surface area contributed by atoms with Gasteiger partial charge in [0, 0.05) is 11.0 Å². The van der Waals surface area contributed by atoms with E-state index in [-0.39, 0.29) is 5.56 Å². The van der Waals surface area contributed by atoms with Crippen molar-refractivity contribution in [1.29, 1.82) is 0 Å². The molecule has 0 radical (unpaired) electrons. The minimum Gasteiger partial charge on any atom is -0.438 e. The normalized spacial score (nSPS) is 11.4. The van der Waals surface area contributed by atoms with Gasteiger partial charge in [0.1, 0.15) is 5.58 Å². The van der Waals surface area contributed by atoms with Gasteiger partial charge in [-0.1, -0.05) is 12.1 Å². The largest absolute Gasteiger partial charge is 0.438 e. The van der Waals surface area contributed by atoms with E-state index in [2.05, 4.69) is 4.98 Å². The number of rotatable bonds is 2. The smallest absolute Gasteiger partial charge is 0.284 e. The van der Waals surface area contributed by atoms with Crippen LogP contribution in [0.25, 0.3) is 23.1 Å². The van der Waals surface area contributed by atoms with Gasteiger partial charge in [0.2, 0.25) is 5.89 Å². The Morgan fingerprint density at radius 3 is 2.84 bits per heavy atom. The molecule has 3 aromatic rings. The zero-order chi connectivity index (χ0) is 13.2. The molecule has 0 saturated carbocycles. The molecule has 0 unspecified atom stereocenters. The number of para-hydroxylation sites is 1. The summed E-state index contributed by atoms with van der Waals surface area (Å²) < 4.78 is 5.59. The summed E-state index contributed by atoms with van der Waals surface area (Å²) in [6, 6.07) is 9.17. The Hall–Kier alpha value is -2.20. The molecule has 3 rings (SSSR count). The molecule has 0 aliphatic heterocycles. The fourth-order valence-electron chi connectivity index (χ4n) is 1.80. The van der Waals surface area contributed by atoms with Crippen LogP contribution in [0, 0.1) is 6.92 Å². The van der Waals surface area contributed by atoms with E-state index >= 15 is 0 Å². The Labute approximate surface area is 113 Å². The summed E-state index contributed by atoms with van der Waals surface area (Å²) in [5.74, 6) is 0.330. The number of fused-ring (bicyclic) bond motifs is 1. The van der Waals surface area contributed by atoms with Gasteiger partial charge in [0.25, 0.3) is 5.56 Å². The fraction of sp³-hybridized carbons (Fsp3) is 0.0667. The molecule has 0 fully saturated rings. The number of thiophene rings is 1. The first-order valence-electron chi connectivity index (χ1n) is 5.86. The minimum absolute atomic E-state index is 0.260. The Morgan fingerprint density at radius 2 is 2.05 bits per heavy atom. The van der Waals surface area contributed by atoms with Crippen LogP contribution in [0.5, 0.6) is 0 Å². The van der Waals surface area contributed by atoms with Crippen LogP contribution in [0.3, 0.4) is 0 Å². The molecule has 0 aliphatic rings. The van der Waals surface area contributed by atoms with Crippen LogP contribution < -0.4 is 5.56 Å². The van der Waals surface area contributed by atoms with Crippen molar-refractivity contribution in [2.24, 2.45) is 0 Å². The van der Waals surface area contributed by atoms with E-state index in [4.69, 9.17) is 4.42 Å². The monoisotopic (exact) mass is 269 g/mol. The zero-order valence-electron chi connectivity index (χ0n) is 10.3. The van der Waals surface area contributed by atoms with Gasteiger partial charge in [-0.15, -0.1) is 11.3 Å². The van der Waals surface area contributed by atoms with Crippen LogP contribution >= 0.6 is 11.3 Å². The SMILES string of the molecule is Cc1ccsc1C=Cc1nc(=O)c2ccccc2o1. The third-order valence-electron chi connectivity index (χ3n) is 2.82. The van der Waals surface area contributed by atoms with Crippen molar-refractivity contribution >= 4 is 34.5 Å². The van der Waals surface area contributed by atoms with Gasteiger partial charge in [0.05, 0.1) is 5.39 Å². The first-order valence-corrected chi connectivity index (χ1v) is 6.74. The maximum absolute atomic E-state index is 11.8. The van der Waals surface area contributed by atoms with Gasteiger partial charge in [-0.05, 0) is 42.1 Å². The lowest BCUT2D eigenvalue weighted by Crippen LogP contribution is -2.06. The summed E-state index contributed by atoms with van der Waals surface area (Å²) in [5.41, 5.74) is 1.50. The van der Waals surface area contributed by atoms with Gasteiger partial charge in [0.15, 0.2) is 0 Å². The average Bonchev–Trinajstić information content (AvgIpc) is 2.82. The molecule has 94 valence electrons. The molecule has 0 N–H and O–H groups in total. The number of nitrogens with zero attached hydrogens (tertiary/aromatic N) is 1. The highest BCUT2D eigenvalue weighted by molar-refractivity contribution is 7.11. The van der Waals surface area contributed by atoms with Crippen molar-refractivity contribution in [2.45, 2.75) is 6.92 Å². The second-order valence-corrected chi connectivity index (χ2v) is 5.10. The highest BCUT2D eigenvalue weighted by Crippen LogP contribution is 2.19. The van der Waals surface area contributed by atoms with Gasteiger partial charge in [-0.3, -0.25) is 4.79 Å². The summed E-state index contributed by atoms with van der Waals surface area (Å²) in [4.78, 5) is 16.9. The third-order valence-corrected chi connectivity index (χ3v) is 3.81. The highest BCUT2D eigenvalue weighted by atomic mass is 32.1. The fourth-order valence-corrected chi connectivity index (χ4v) is 2.62. The summed E-state index contributed by atoms with van der Waals surface area (Å²) in [6.07, 6.45) is 3.65. The summed E-state index contributed by atoms with van der Waals surface area (Å²) in [6.45, 7) is 2.04. The molecule has 19 heavy (non-hydrogen) atoms. The van der Waals surface area contributed by atoms with E-state index in [1.165, 1.54) is 5.56 Å². The molecule has 3 nitrogen and oxygen atoms in total. The quantitative estimate of drug-likeness (QED) is 0.712. The van der Waals surface area contributed by atoms with Crippen LogP contribution in [-0.2, 0) is 0 Å². The van der Waals surface area contributed by atoms with Crippen molar-refractivity contribution in [1.82, 2.24) is 4.98 Å². The number of aromatic nitrogens is 1. The molecule has 2 heterocycles. The van der Waals surface area contributed by atoms with Crippen LogP contribution in [0.15, 0.2) is 44.9 Å². The molecule has 2 aromatic heterocycles. The standard InChI is InChI=1S/C15H11NO2S/c1-10-8-9-19-13(10)6-7-14-16-15(17)11-4-2-3-5-12(11)18-14/h2-9H,1H3. The van der Waals surface area contributed by atoms with Gasteiger partial charge < -0.3 is 4.42 Å². The van der Waals surface area contributed by atoms with E-state index in [0.29, 0.717) is 16.9 Å². The van der Waals surface area contributed by atoms with Crippen LogP contribution in [0.4, 0.5) is 0 Å². The average molecular weight is 269 g/mol. The molecule has 1 aromatic carbocycles. The van der Waals surface area contributed by atoms with Gasteiger partial charge >= 0.3 is 0 Å². The van der Waals surface area contributed by atoms with E-state index < -0.39 is 0 Å². The molecule has 0 atom stereocenters. The van der Waals surface area contributed by atoms with Gasteiger partial charge in [-0.25, -0.2) is 0 Å². The molecule has 0 saturated heterocycles. The van der Waals surface area contributed by atoms with Crippen molar-refractivity contribution in [3.8, 4) is 0 Å². The van der Waals surface area contributed by atoms with Crippen molar-refractivity contribution in [3.63, 3.8) is 0 Å². The lowest BCUT2D eigenvalue weighted by atomic mass is 10.2. The number of benzene rings is 1. The molecular formula is C15H11NO2S. The first kappa shape index (κ1) is 11.9. The van der Waals surface area contributed by atoms with E-state index in [1.807, 2.05) is 30.5 Å². The van der Waals surface area contributed by atoms with Crippen LogP contribution in [0.1, 0.15) is 16.3 Å². The molecule has 0 spiro atoms. The van der Waals surface area contributed by atoms with Crippen LogP contribution in [0.2, 0.25) is 0 Å². The predicted molar refractivity (Wildman–Crippen MR) is 78.3 cm³/mol. The number of aryl methyl sites for hydroxylation is 1. The maximum Gasteiger partial charge on any atom is 0.284 e. The molecule has 0 bridgehead atoms. The summed E-state index contributed by atoms with van der Waals surface area (Å²) in [5, 5.41) is 2.53. The summed E-state index contributed by atoms with van der Waals surface area (Å²) >= 11 is 1.64. The number of hydrogen-bond acceptors (Lipinski definition) is 4. The van der Waals surface area contributed by atoms with Crippen molar-refractivity contribution in [3.05, 3.63) is 62.4 Å². The third kappa shape index (κ3) is 2.35. The van der Waals surface area contributed by atoms with E-state index in [0.717, 1.165) is 4.88 Å². The number of hydrogen-bond donors (Lipinski definition) is 0. The summed E-state index contributed by atoms with van der Waals surface area (Å²) in [7, 11) is 0.